The largest absolute Gasteiger partial charge is 0.457 e. The lowest BCUT2D eigenvalue weighted by Crippen LogP contribution is -2.16. The number of amides is 2. The van der Waals surface area contributed by atoms with Gasteiger partial charge in [-0.1, -0.05) is 24.3 Å². The van der Waals surface area contributed by atoms with E-state index in [0.717, 1.165) is 10.1 Å². The molecule has 0 unspecified atom stereocenters. The van der Waals surface area contributed by atoms with Crippen molar-refractivity contribution in [1.82, 2.24) is 5.48 Å². The number of rotatable bonds is 5. The third-order valence-corrected chi connectivity index (χ3v) is 5.29. The molecule has 0 spiro atoms. The third-order valence-electron chi connectivity index (χ3n) is 4.17. The topological polar surface area (TPSA) is 87.7 Å². The zero-order chi connectivity index (χ0) is 20.2. The van der Waals surface area contributed by atoms with Crippen LogP contribution in [0.25, 0.3) is 10.1 Å². The van der Waals surface area contributed by atoms with Crippen molar-refractivity contribution < 1.29 is 19.5 Å². The Bertz CT molecular complexity index is 1190. The van der Waals surface area contributed by atoms with Crippen molar-refractivity contribution in [2.24, 2.45) is 0 Å². The number of thiophene rings is 1. The highest BCUT2D eigenvalue weighted by atomic mass is 32.1. The van der Waals surface area contributed by atoms with E-state index in [2.05, 4.69) is 5.32 Å². The van der Waals surface area contributed by atoms with E-state index >= 15 is 0 Å². The van der Waals surface area contributed by atoms with Crippen molar-refractivity contribution in [2.75, 3.05) is 5.32 Å². The molecule has 1 aromatic heterocycles. The average Bonchev–Trinajstić information content (AvgIpc) is 3.17. The maximum Gasteiger partial charge on any atom is 0.284 e. The summed E-state index contributed by atoms with van der Waals surface area (Å²) in [6.07, 6.45) is 0. The van der Waals surface area contributed by atoms with Crippen LogP contribution in [-0.4, -0.2) is 17.0 Å². The van der Waals surface area contributed by atoms with Crippen LogP contribution in [0, 0.1) is 0 Å². The zero-order valence-corrected chi connectivity index (χ0v) is 15.9. The van der Waals surface area contributed by atoms with Crippen LogP contribution < -0.4 is 15.5 Å². The number of carbonyl (C=O) groups is 2. The first-order chi connectivity index (χ1) is 14.1. The summed E-state index contributed by atoms with van der Waals surface area (Å²) < 4.78 is 6.65. The van der Waals surface area contributed by atoms with Crippen LogP contribution in [0.3, 0.4) is 0 Å². The van der Waals surface area contributed by atoms with Crippen LogP contribution >= 0.6 is 11.3 Å². The molecule has 144 valence electrons. The molecule has 0 aliphatic rings. The number of fused-ring (bicyclic) bond motifs is 1. The van der Waals surface area contributed by atoms with Crippen molar-refractivity contribution in [3.63, 3.8) is 0 Å². The highest BCUT2D eigenvalue weighted by Gasteiger charge is 2.12. The van der Waals surface area contributed by atoms with Gasteiger partial charge < -0.3 is 10.1 Å². The van der Waals surface area contributed by atoms with E-state index in [4.69, 9.17) is 9.94 Å². The minimum Gasteiger partial charge on any atom is -0.457 e. The molecule has 7 heteroatoms. The molecule has 0 aliphatic heterocycles. The minimum absolute atomic E-state index is 0.272. The fourth-order valence-corrected chi connectivity index (χ4v) is 3.75. The number of hydroxylamine groups is 1. The van der Waals surface area contributed by atoms with Gasteiger partial charge in [-0.3, -0.25) is 14.8 Å². The predicted octanol–water partition coefficient (Wildman–Crippen LogP) is 5.06. The lowest BCUT2D eigenvalue weighted by molar-refractivity contribution is 0.0711. The van der Waals surface area contributed by atoms with Crippen LogP contribution in [0.1, 0.15) is 20.0 Å². The molecule has 4 rings (SSSR count). The minimum atomic E-state index is -0.563. The molecule has 0 atom stereocenters. The lowest BCUT2D eigenvalue weighted by Gasteiger charge is -2.09. The van der Waals surface area contributed by atoms with E-state index in [9.17, 15) is 9.59 Å². The maximum atomic E-state index is 12.7. The molecule has 2 amide bonds. The molecule has 29 heavy (non-hydrogen) atoms. The molecule has 1 heterocycles. The molecule has 3 N–H and O–H groups in total. The van der Waals surface area contributed by atoms with E-state index < -0.39 is 5.91 Å². The Morgan fingerprint density at radius 2 is 1.62 bits per heavy atom. The number of anilines is 1. The van der Waals surface area contributed by atoms with Gasteiger partial charge >= 0.3 is 0 Å². The molecule has 0 saturated heterocycles. The summed E-state index contributed by atoms with van der Waals surface area (Å²) >= 11 is 1.26. The summed E-state index contributed by atoms with van der Waals surface area (Å²) in [5, 5.41) is 12.4. The van der Waals surface area contributed by atoms with Gasteiger partial charge in [0, 0.05) is 16.0 Å². The van der Waals surface area contributed by atoms with Crippen LogP contribution in [0.5, 0.6) is 11.5 Å². The standard InChI is InChI=1S/C22H16N2O4S/c25-21(14-5-4-8-18(12-14)28-17-6-2-1-3-7-17)23-16-9-10-19-15(11-16)13-20(29-19)22(26)24-27/h1-13,27H,(H,23,25)(H,24,26). The number of hydrogen-bond donors (Lipinski definition) is 3. The highest BCUT2D eigenvalue weighted by Crippen LogP contribution is 2.28. The van der Waals surface area contributed by atoms with E-state index in [1.807, 2.05) is 36.4 Å². The first-order valence-electron chi connectivity index (χ1n) is 8.75. The van der Waals surface area contributed by atoms with Crippen LogP contribution in [0.4, 0.5) is 5.69 Å². The smallest absolute Gasteiger partial charge is 0.284 e. The lowest BCUT2D eigenvalue weighted by atomic mass is 10.2. The maximum absolute atomic E-state index is 12.7. The van der Waals surface area contributed by atoms with Gasteiger partial charge in [-0.25, -0.2) is 5.48 Å². The van der Waals surface area contributed by atoms with Gasteiger partial charge in [-0.05, 0) is 60.0 Å². The van der Waals surface area contributed by atoms with Crippen molar-refractivity contribution in [3.8, 4) is 11.5 Å². The monoisotopic (exact) mass is 404 g/mol. The van der Waals surface area contributed by atoms with Crippen molar-refractivity contribution in [2.45, 2.75) is 0 Å². The summed E-state index contributed by atoms with van der Waals surface area (Å²) in [6, 6.07) is 23.3. The van der Waals surface area contributed by atoms with Crippen molar-refractivity contribution >= 4 is 38.9 Å². The molecule has 0 fully saturated rings. The second-order valence-electron chi connectivity index (χ2n) is 6.20. The second kappa shape index (κ2) is 8.14. The first kappa shape index (κ1) is 18.7. The molecule has 0 radical (unpaired) electrons. The number of nitrogens with one attached hydrogen (secondary N) is 2. The molecule has 6 nitrogen and oxygen atoms in total. The third kappa shape index (κ3) is 4.26. The normalized spacial score (nSPS) is 10.5. The molecule has 4 aromatic rings. The number of carbonyl (C=O) groups excluding carboxylic acids is 2. The Morgan fingerprint density at radius 3 is 2.41 bits per heavy atom. The second-order valence-corrected chi connectivity index (χ2v) is 7.29. The molecular weight excluding hydrogens is 388 g/mol. The van der Waals surface area contributed by atoms with E-state index in [1.54, 1.807) is 47.9 Å². The van der Waals surface area contributed by atoms with Gasteiger partial charge in [0.25, 0.3) is 11.8 Å². The summed E-state index contributed by atoms with van der Waals surface area (Å²) in [7, 11) is 0. The van der Waals surface area contributed by atoms with Crippen LogP contribution in [0.15, 0.2) is 78.9 Å². The molecule has 0 bridgehead atoms. The van der Waals surface area contributed by atoms with Gasteiger partial charge in [0.15, 0.2) is 0 Å². The number of ether oxygens (including phenoxy) is 1. The molecular formula is C22H16N2O4S. The van der Waals surface area contributed by atoms with Crippen LogP contribution in [-0.2, 0) is 0 Å². The summed E-state index contributed by atoms with van der Waals surface area (Å²) in [5.74, 6) is 0.422. The molecule has 0 saturated carbocycles. The number of benzene rings is 3. The van der Waals surface area contributed by atoms with Gasteiger partial charge in [0.2, 0.25) is 0 Å². The summed E-state index contributed by atoms with van der Waals surface area (Å²) in [6.45, 7) is 0. The van der Waals surface area contributed by atoms with Crippen molar-refractivity contribution in [3.05, 3.63) is 89.3 Å². The quantitative estimate of drug-likeness (QED) is 0.320. The fraction of sp³-hybridized carbons (Fsp3) is 0. The fourth-order valence-electron chi connectivity index (χ4n) is 2.82. The van der Waals surface area contributed by atoms with Gasteiger partial charge in [0.05, 0.1) is 4.88 Å². The van der Waals surface area contributed by atoms with E-state index in [-0.39, 0.29) is 5.91 Å². The van der Waals surface area contributed by atoms with Crippen molar-refractivity contribution in [1.29, 1.82) is 0 Å². The van der Waals surface area contributed by atoms with Gasteiger partial charge in [-0.2, -0.15) is 0 Å². The van der Waals surface area contributed by atoms with E-state index in [1.165, 1.54) is 11.3 Å². The Hall–Kier alpha value is -3.68. The number of hydrogen-bond acceptors (Lipinski definition) is 5. The Balaban J connectivity index is 1.51. The zero-order valence-electron chi connectivity index (χ0n) is 15.1. The Kier molecular flexibility index (Phi) is 5.24. The Labute approximate surface area is 170 Å². The summed E-state index contributed by atoms with van der Waals surface area (Å²) in [4.78, 5) is 24.6. The van der Waals surface area contributed by atoms with E-state index in [0.29, 0.717) is 27.6 Å². The average molecular weight is 404 g/mol. The summed E-state index contributed by atoms with van der Waals surface area (Å²) in [5.41, 5.74) is 2.69. The molecule has 3 aromatic carbocycles. The first-order valence-corrected chi connectivity index (χ1v) is 9.56. The van der Waals surface area contributed by atoms with Crippen LogP contribution in [0.2, 0.25) is 0 Å². The molecule has 0 aliphatic carbocycles. The predicted molar refractivity (Wildman–Crippen MR) is 112 cm³/mol. The SMILES string of the molecule is O=C(Nc1ccc2sc(C(=O)NO)cc2c1)c1cccc(Oc2ccccc2)c1. The highest BCUT2D eigenvalue weighted by molar-refractivity contribution is 7.20. The Morgan fingerprint density at radius 1 is 0.828 bits per heavy atom. The number of para-hydroxylation sites is 1. The van der Waals surface area contributed by atoms with Gasteiger partial charge in [-0.15, -0.1) is 11.3 Å². The van der Waals surface area contributed by atoms with Gasteiger partial charge in [0.1, 0.15) is 11.5 Å².